The van der Waals surface area contributed by atoms with Crippen molar-refractivity contribution in [2.75, 3.05) is 18.0 Å². The molecule has 2 rings (SSSR count). The summed E-state index contributed by atoms with van der Waals surface area (Å²) in [7, 11) is 0. The first kappa shape index (κ1) is 15.2. The lowest BCUT2D eigenvalue weighted by molar-refractivity contribution is -0.137. The molecule has 0 spiro atoms. The van der Waals surface area contributed by atoms with Crippen LogP contribution in [-0.4, -0.2) is 34.4 Å². The molecule has 1 aliphatic rings. The third-order valence-corrected chi connectivity index (χ3v) is 4.23. The molecule has 0 aliphatic carbocycles. The number of aryl methyl sites for hydroxylation is 1. The summed E-state index contributed by atoms with van der Waals surface area (Å²) < 4.78 is 0. The number of aromatic nitrogens is 2. The van der Waals surface area contributed by atoms with Crippen molar-refractivity contribution in [3.63, 3.8) is 0 Å². The van der Waals surface area contributed by atoms with Crippen molar-refractivity contribution in [1.82, 2.24) is 10.2 Å². The van der Waals surface area contributed by atoms with Crippen LogP contribution >= 0.6 is 0 Å². The van der Waals surface area contributed by atoms with Crippen LogP contribution in [0.25, 0.3) is 0 Å². The van der Waals surface area contributed by atoms with Crippen LogP contribution in [0.15, 0.2) is 0 Å². The van der Waals surface area contributed by atoms with Crippen molar-refractivity contribution in [3.8, 4) is 6.07 Å². The molecule has 0 amide bonds. The van der Waals surface area contributed by atoms with E-state index >= 15 is 0 Å². The van der Waals surface area contributed by atoms with Crippen molar-refractivity contribution in [2.45, 2.75) is 39.5 Å². The van der Waals surface area contributed by atoms with Crippen molar-refractivity contribution < 1.29 is 9.90 Å². The average Bonchev–Trinajstić information content (AvgIpc) is 2.48. The van der Waals surface area contributed by atoms with Crippen LogP contribution in [-0.2, 0) is 4.79 Å². The van der Waals surface area contributed by atoms with Crippen LogP contribution in [0.4, 0.5) is 5.82 Å². The van der Waals surface area contributed by atoms with Gasteiger partial charge in [-0.05, 0) is 44.6 Å². The maximum Gasteiger partial charge on any atom is 0.303 e. The Balaban J connectivity index is 2.05. The maximum atomic E-state index is 10.6. The summed E-state index contributed by atoms with van der Waals surface area (Å²) in [6.45, 7) is 5.35. The molecule has 21 heavy (non-hydrogen) atoms. The summed E-state index contributed by atoms with van der Waals surface area (Å²) in [6.07, 6.45) is 2.84. The number of nitrogens with zero attached hydrogens (tertiary/aromatic N) is 4. The minimum absolute atomic E-state index is 0.234. The zero-order valence-corrected chi connectivity index (χ0v) is 12.5. The number of rotatable bonds is 4. The largest absolute Gasteiger partial charge is 0.481 e. The molecule has 2 heterocycles. The van der Waals surface area contributed by atoms with E-state index in [4.69, 9.17) is 5.11 Å². The van der Waals surface area contributed by atoms with Crippen LogP contribution in [0.2, 0.25) is 0 Å². The minimum atomic E-state index is -0.732. The van der Waals surface area contributed by atoms with Gasteiger partial charge in [-0.1, -0.05) is 0 Å². The van der Waals surface area contributed by atoms with Gasteiger partial charge >= 0.3 is 5.97 Å². The number of piperidine rings is 1. The highest BCUT2D eigenvalue weighted by Gasteiger charge is 2.24. The molecule has 1 aromatic heterocycles. The molecule has 0 radical (unpaired) electrons. The van der Waals surface area contributed by atoms with Gasteiger partial charge < -0.3 is 10.0 Å². The van der Waals surface area contributed by atoms with Gasteiger partial charge in [-0.3, -0.25) is 4.79 Å². The van der Waals surface area contributed by atoms with E-state index in [1.165, 1.54) is 0 Å². The molecular formula is C15H20N4O2. The lowest BCUT2D eigenvalue weighted by atomic mass is 9.92. The number of carbonyl (C=O) groups is 1. The number of carboxylic acids is 1. The number of nitriles is 1. The van der Waals surface area contributed by atoms with Gasteiger partial charge in [-0.2, -0.15) is 10.4 Å². The van der Waals surface area contributed by atoms with Crippen LogP contribution < -0.4 is 4.90 Å². The molecule has 0 atom stereocenters. The van der Waals surface area contributed by atoms with Gasteiger partial charge in [-0.15, -0.1) is 5.10 Å². The first-order chi connectivity index (χ1) is 10.0. The Hall–Kier alpha value is -2.16. The molecule has 112 valence electrons. The van der Waals surface area contributed by atoms with Crippen LogP contribution in [0.1, 0.15) is 42.5 Å². The third-order valence-electron chi connectivity index (χ3n) is 4.23. The van der Waals surface area contributed by atoms with E-state index in [-0.39, 0.29) is 6.42 Å². The number of hydrogen-bond acceptors (Lipinski definition) is 5. The monoisotopic (exact) mass is 288 g/mol. The third kappa shape index (κ3) is 3.48. The Morgan fingerprint density at radius 1 is 1.38 bits per heavy atom. The Morgan fingerprint density at radius 3 is 2.62 bits per heavy atom. The van der Waals surface area contributed by atoms with E-state index in [2.05, 4.69) is 21.2 Å². The topological polar surface area (TPSA) is 90.1 Å². The standard InChI is InChI=1S/C15H20N4O2/c1-10-11(2)17-18-15(13(10)9-16)19-7-5-12(6-8-19)3-4-14(20)21/h12H,3-8H2,1-2H3,(H,20,21). The zero-order chi connectivity index (χ0) is 15.4. The molecule has 1 aliphatic heterocycles. The van der Waals surface area contributed by atoms with E-state index in [0.29, 0.717) is 17.3 Å². The Labute approximate surface area is 124 Å². The lowest BCUT2D eigenvalue weighted by Gasteiger charge is -2.33. The molecule has 0 aromatic carbocycles. The van der Waals surface area contributed by atoms with Gasteiger partial charge in [-0.25, -0.2) is 0 Å². The Bertz CT molecular complexity index is 572. The van der Waals surface area contributed by atoms with Gasteiger partial charge in [0, 0.05) is 19.5 Å². The van der Waals surface area contributed by atoms with Crippen molar-refractivity contribution >= 4 is 11.8 Å². The van der Waals surface area contributed by atoms with Crippen molar-refractivity contribution in [1.29, 1.82) is 5.26 Å². The highest BCUT2D eigenvalue weighted by molar-refractivity contribution is 5.66. The molecular weight excluding hydrogens is 268 g/mol. The maximum absolute atomic E-state index is 10.6. The molecule has 0 unspecified atom stereocenters. The van der Waals surface area contributed by atoms with E-state index in [0.717, 1.165) is 43.6 Å². The van der Waals surface area contributed by atoms with Crippen LogP contribution in [0.5, 0.6) is 0 Å². The van der Waals surface area contributed by atoms with E-state index in [1.54, 1.807) is 0 Å². The highest BCUT2D eigenvalue weighted by atomic mass is 16.4. The molecule has 1 saturated heterocycles. The van der Waals surface area contributed by atoms with Crippen LogP contribution in [0.3, 0.4) is 0 Å². The van der Waals surface area contributed by atoms with Gasteiger partial charge in [0.1, 0.15) is 11.6 Å². The first-order valence-electron chi connectivity index (χ1n) is 7.23. The normalized spacial score (nSPS) is 15.8. The number of anilines is 1. The molecule has 1 aromatic rings. The Morgan fingerprint density at radius 2 is 2.05 bits per heavy atom. The number of aliphatic carboxylic acids is 1. The van der Waals surface area contributed by atoms with Gasteiger partial charge in [0.15, 0.2) is 5.82 Å². The van der Waals surface area contributed by atoms with Gasteiger partial charge in [0.25, 0.3) is 0 Å². The Kier molecular flexibility index (Phi) is 4.73. The van der Waals surface area contributed by atoms with E-state index in [9.17, 15) is 10.1 Å². The van der Waals surface area contributed by atoms with Crippen LogP contribution in [0, 0.1) is 31.1 Å². The average molecular weight is 288 g/mol. The summed E-state index contributed by atoms with van der Waals surface area (Å²) >= 11 is 0. The number of carboxylic acid groups (broad SMARTS) is 1. The zero-order valence-electron chi connectivity index (χ0n) is 12.5. The first-order valence-corrected chi connectivity index (χ1v) is 7.23. The molecule has 1 N–H and O–H groups in total. The molecule has 0 saturated carbocycles. The summed E-state index contributed by atoms with van der Waals surface area (Å²) in [4.78, 5) is 12.7. The molecule has 1 fully saturated rings. The second-order valence-electron chi connectivity index (χ2n) is 5.58. The van der Waals surface area contributed by atoms with E-state index < -0.39 is 5.97 Å². The summed E-state index contributed by atoms with van der Waals surface area (Å²) in [6, 6.07) is 2.23. The minimum Gasteiger partial charge on any atom is -0.481 e. The molecule has 6 heteroatoms. The van der Waals surface area contributed by atoms with Gasteiger partial charge in [0.2, 0.25) is 0 Å². The summed E-state index contributed by atoms with van der Waals surface area (Å²) in [5.74, 6) is 0.379. The quantitative estimate of drug-likeness (QED) is 0.911. The lowest BCUT2D eigenvalue weighted by Crippen LogP contribution is -2.35. The second kappa shape index (κ2) is 6.53. The molecule has 0 bridgehead atoms. The fourth-order valence-electron chi connectivity index (χ4n) is 2.71. The smallest absolute Gasteiger partial charge is 0.303 e. The fraction of sp³-hybridized carbons (Fsp3) is 0.600. The predicted molar refractivity (Wildman–Crippen MR) is 78.0 cm³/mol. The summed E-state index contributed by atoms with van der Waals surface area (Å²) in [5, 5.41) is 26.4. The fourth-order valence-corrected chi connectivity index (χ4v) is 2.71. The van der Waals surface area contributed by atoms with Crippen molar-refractivity contribution in [3.05, 3.63) is 16.8 Å². The van der Waals surface area contributed by atoms with Gasteiger partial charge in [0.05, 0.1) is 5.69 Å². The predicted octanol–water partition coefficient (Wildman–Crippen LogP) is 2.05. The van der Waals surface area contributed by atoms with Crippen molar-refractivity contribution in [2.24, 2.45) is 5.92 Å². The summed E-state index contributed by atoms with van der Waals surface area (Å²) in [5.41, 5.74) is 2.27. The van der Waals surface area contributed by atoms with E-state index in [1.807, 2.05) is 13.8 Å². The highest BCUT2D eigenvalue weighted by Crippen LogP contribution is 2.28. The molecule has 6 nitrogen and oxygen atoms in total. The number of hydrogen-bond donors (Lipinski definition) is 1. The SMILES string of the molecule is Cc1nnc(N2CCC(CCC(=O)O)CC2)c(C#N)c1C. The second-order valence-corrected chi connectivity index (χ2v) is 5.58.